The molecule has 0 spiro atoms. The summed E-state index contributed by atoms with van der Waals surface area (Å²) in [5, 5.41) is 2.94. The zero-order valence-electron chi connectivity index (χ0n) is 16.7. The van der Waals surface area contributed by atoms with Gasteiger partial charge in [0.1, 0.15) is 11.5 Å². The molecule has 0 aliphatic heterocycles. The summed E-state index contributed by atoms with van der Waals surface area (Å²) in [7, 11) is 3.23. The molecule has 29 heavy (non-hydrogen) atoms. The van der Waals surface area contributed by atoms with Crippen LogP contribution in [0.5, 0.6) is 11.5 Å². The van der Waals surface area contributed by atoms with Crippen molar-refractivity contribution in [3.05, 3.63) is 95.1 Å². The lowest BCUT2D eigenvalue weighted by Gasteiger charge is -2.13. The van der Waals surface area contributed by atoms with Crippen molar-refractivity contribution in [3.63, 3.8) is 0 Å². The predicted molar refractivity (Wildman–Crippen MR) is 112 cm³/mol. The van der Waals surface area contributed by atoms with E-state index in [2.05, 4.69) is 5.32 Å². The Morgan fingerprint density at radius 3 is 2.24 bits per heavy atom. The van der Waals surface area contributed by atoms with Crippen LogP contribution in [-0.4, -0.2) is 20.1 Å². The first kappa shape index (κ1) is 20.4. The molecule has 5 nitrogen and oxygen atoms in total. The molecule has 3 aromatic carbocycles. The molecular weight excluding hydrogens is 366 g/mol. The van der Waals surface area contributed by atoms with Gasteiger partial charge in [-0.25, -0.2) is 0 Å². The quantitative estimate of drug-likeness (QED) is 0.589. The van der Waals surface area contributed by atoms with Crippen molar-refractivity contribution in [1.82, 2.24) is 5.32 Å². The van der Waals surface area contributed by atoms with Crippen molar-refractivity contribution in [3.8, 4) is 11.5 Å². The van der Waals surface area contributed by atoms with Crippen molar-refractivity contribution >= 4 is 5.91 Å². The molecule has 0 aliphatic rings. The van der Waals surface area contributed by atoms with Gasteiger partial charge in [0.05, 0.1) is 27.4 Å². The Bertz CT molecular complexity index is 941. The van der Waals surface area contributed by atoms with Gasteiger partial charge in [-0.3, -0.25) is 4.79 Å². The van der Waals surface area contributed by atoms with Crippen molar-refractivity contribution in [2.45, 2.75) is 19.8 Å². The van der Waals surface area contributed by atoms with Crippen LogP contribution in [0, 0.1) is 0 Å². The van der Waals surface area contributed by atoms with E-state index in [9.17, 15) is 4.79 Å². The fourth-order valence-corrected chi connectivity index (χ4v) is 3.01. The molecule has 0 fully saturated rings. The molecule has 1 amide bonds. The average molecular weight is 391 g/mol. The van der Waals surface area contributed by atoms with Gasteiger partial charge < -0.3 is 19.5 Å². The highest BCUT2D eigenvalue weighted by Crippen LogP contribution is 2.22. The molecule has 0 atom stereocenters. The summed E-state index contributed by atoms with van der Waals surface area (Å²) in [6, 6.07) is 22.9. The van der Waals surface area contributed by atoms with Gasteiger partial charge in [0.2, 0.25) is 0 Å². The van der Waals surface area contributed by atoms with Gasteiger partial charge in [-0.2, -0.15) is 0 Å². The second kappa shape index (κ2) is 10.3. The smallest absolute Gasteiger partial charge is 0.251 e. The van der Waals surface area contributed by atoms with Gasteiger partial charge in [-0.1, -0.05) is 48.5 Å². The van der Waals surface area contributed by atoms with Crippen molar-refractivity contribution in [2.24, 2.45) is 0 Å². The van der Waals surface area contributed by atoms with Crippen LogP contribution in [0.3, 0.4) is 0 Å². The number of para-hydroxylation sites is 1. The Morgan fingerprint density at radius 2 is 1.48 bits per heavy atom. The number of amides is 1. The van der Waals surface area contributed by atoms with Crippen molar-refractivity contribution in [2.75, 3.05) is 14.2 Å². The van der Waals surface area contributed by atoms with E-state index in [4.69, 9.17) is 14.2 Å². The maximum Gasteiger partial charge on any atom is 0.251 e. The lowest BCUT2D eigenvalue weighted by Crippen LogP contribution is -2.23. The monoisotopic (exact) mass is 391 g/mol. The molecule has 1 N–H and O–H groups in total. The fourth-order valence-electron chi connectivity index (χ4n) is 3.01. The summed E-state index contributed by atoms with van der Waals surface area (Å²) in [4.78, 5) is 12.6. The molecule has 150 valence electrons. The minimum absolute atomic E-state index is 0.164. The molecular formula is C24H25NO4. The van der Waals surface area contributed by atoms with Gasteiger partial charge >= 0.3 is 0 Å². The van der Waals surface area contributed by atoms with Crippen LogP contribution in [0.2, 0.25) is 0 Å². The average Bonchev–Trinajstić information content (AvgIpc) is 2.78. The van der Waals surface area contributed by atoms with E-state index in [1.165, 1.54) is 0 Å². The summed E-state index contributed by atoms with van der Waals surface area (Å²) in [6.45, 7) is 1.23. The molecule has 0 bridgehead atoms. The molecule has 3 aromatic rings. The highest BCUT2D eigenvalue weighted by molar-refractivity contribution is 5.94. The number of nitrogens with one attached hydrogen (secondary N) is 1. The topological polar surface area (TPSA) is 56.8 Å². The summed E-state index contributed by atoms with van der Waals surface area (Å²) in [5.41, 5.74) is 3.40. The number of rotatable bonds is 9. The molecule has 0 saturated carbocycles. The minimum atomic E-state index is -0.164. The van der Waals surface area contributed by atoms with E-state index in [0.29, 0.717) is 31.1 Å². The third kappa shape index (κ3) is 5.59. The zero-order valence-corrected chi connectivity index (χ0v) is 16.7. The Hall–Kier alpha value is -3.31. The Kier molecular flexibility index (Phi) is 7.25. The first-order chi connectivity index (χ1) is 14.2. The Labute approximate surface area is 171 Å². The number of hydrogen-bond acceptors (Lipinski definition) is 4. The highest BCUT2D eigenvalue weighted by Gasteiger charge is 2.11. The number of hydrogen-bond donors (Lipinski definition) is 1. The molecule has 0 heterocycles. The molecule has 5 heteroatoms. The number of carbonyl (C=O) groups excluding carboxylic acids is 1. The van der Waals surface area contributed by atoms with Gasteiger partial charge in [0.25, 0.3) is 5.91 Å². The molecule has 0 aliphatic carbocycles. The number of methoxy groups -OCH3 is 2. The second-order valence-corrected chi connectivity index (χ2v) is 6.50. The first-order valence-electron chi connectivity index (χ1n) is 9.40. The lowest BCUT2D eigenvalue weighted by molar-refractivity contribution is 0.0948. The summed E-state index contributed by atoms with van der Waals surface area (Å²) in [5.74, 6) is 1.28. The molecule has 0 unspecified atom stereocenters. The Morgan fingerprint density at radius 1 is 0.793 bits per heavy atom. The molecule has 3 rings (SSSR count). The van der Waals surface area contributed by atoms with Gasteiger partial charge in [-0.05, 0) is 29.8 Å². The second-order valence-electron chi connectivity index (χ2n) is 6.50. The van der Waals surface area contributed by atoms with E-state index < -0.39 is 0 Å². The van der Waals surface area contributed by atoms with Crippen molar-refractivity contribution in [1.29, 1.82) is 0 Å². The maximum atomic E-state index is 12.6. The van der Waals surface area contributed by atoms with Gasteiger partial charge in [0, 0.05) is 23.2 Å². The van der Waals surface area contributed by atoms with Crippen LogP contribution in [0.4, 0.5) is 0 Å². The largest absolute Gasteiger partial charge is 0.496 e. The van der Waals surface area contributed by atoms with E-state index in [1.54, 1.807) is 32.4 Å². The standard InChI is InChI=1S/C24H25NO4/c1-27-22-11-7-6-10-20(22)15-25-24(26)19-12-13-23(28-2)21(14-19)17-29-16-18-8-4-3-5-9-18/h3-14H,15-17H2,1-2H3,(H,25,26). The fraction of sp³-hybridized carbons (Fsp3) is 0.208. The zero-order chi connectivity index (χ0) is 20.5. The van der Waals surface area contributed by atoms with Crippen LogP contribution >= 0.6 is 0 Å². The van der Waals surface area contributed by atoms with E-state index in [0.717, 1.165) is 22.4 Å². The number of benzene rings is 3. The third-order valence-corrected chi connectivity index (χ3v) is 4.54. The van der Waals surface area contributed by atoms with Crippen LogP contribution in [0.25, 0.3) is 0 Å². The number of carbonyl (C=O) groups is 1. The molecule has 0 radical (unpaired) electrons. The molecule has 0 aromatic heterocycles. The summed E-state index contributed by atoms with van der Waals surface area (Å²) in [6.07, 6.45) is 0. The van der Waals surface area contributed by atoms with Gasteiger partial charge in [-0.15, -0.1) is 0 Å². The van der Waals surface area contributed by atoms with Crippen LogP contribution in [0.1, 0.15) is 27.0 Å². The van der Waals surface area contributed by atoms with E-state index in [1.807, 2.05) is 54.6 Å². The summed E-state index contributed by atoms with van der Waals surface area (Å²) < 4.78 is 16.6. The van der Waals surface area contributed by atoms with E-state index >= 15 is 0 Å². The molecule has 0 saturated heterocycles. The van der Waals surface area contributed by atoms with Crippen LogP contribution < -0.4 is 14.8 Å². The van der Waals surface area contributed by atoms with Crippen LogP contribution in [-0.2, 0) is 24.5 Å². The lowest BCUT2D eigenvalue weighted by atomic mass is 10.1. The SMILES string of the molecule is COc1ccccc1CNC(=O)c1ccc(OC)c(COCc2ccccc2)c1. The normalized spacial score (nSPS) is 10.4. The predicted octanol–water partition coefficient (Wildman–Crippen LogP) is 4.35. The van der Waals surface area contributed by atoms with Crippen LogP contribution in [0.15, 0.2) is 72.8 Å². The maximum absolute atomic E-state index is 12.6. The number of ether oxygens (including phenoxy) is 3. The van der Waals surface area contributed by atoms with Gasteiger partial charge in [0.15, 0.2) is 0 Å². The highest BCUT2D eigenvalue weighted by atomic mass is 16.5. The third-order valence-electron chi connectivity index (χ3n) is 4.54. The van der Waals surface area contributed by atoms with E-state index in [-0.39, 0.29) is 5.91 Å². The minimum Gasteiger partial charge on any atom is -0.496 e. The summed E-state index contributed by atoms with van der Waals surface area (Å²) >= 11 is 0. The Balaban J connectivity index is 1.64. The van der Waals surface area contributed by atoms with Crippen molar-refractivity contribution < 1.29 is 19.0 Å². The first-order valence-corrected chi connectivity index (χ1v) is 9.40.